The van der Waals surface area contributed by atoms with Gasteiger partial charge < -0.3 is 5.11 Å². The van der Waals surface area contributed by atoms with Crippen LogP contribution in [0.5, 0.6) is 0 Å². The first-order chi connectivity index (χ1) is 6.22. The number of hydrogen-bond acceptors (Lipinski definition) is 5. The van der Waals surface area contributed by atoms with Crippen LogP contribution in [0.1, 0.15) is 13.8 Å². The van der Waals surface area contributed by atoms with Gasteiger partial charge in [0.2, 0.25) is 0 Å². The van der Waals surface area contributed by atoms with Crippen LogP contribution in [0.25, 0.3) is 0 Å². The Morgan fingerprint density at radius 2 is 1.21 bits per heavy atom. The molecule has 0 fully saturated rings. The molecule has 0 bridgehead atoms. The Balaban J connectivity index is 4.33. The molecule has 0 aliphatic rings. The monoisotopic (exact) mass is 244 g/mol. The summed E-state index contributed by atoms with van der Waals surface area (Å²) in [5, 5.41) is 9.22. The summed E-state index contributed by atoms with van der Waals surface area (Å²) in [7, 11) is -6.63. The fourth-order valence-electron chi connectivity index (χ4n) is 0.870. The third-order valence-electron chi connectivity index (χ3n) is 1.77. The van der Waals surface area contributed by atoms with E-state index in [1.165, 1.54) is 13.8 Å². The molecule has 0 atom stereocenters. The van der Waals surface area contributed by atoms with Gasteiger partial charge in [-0.2, -0.15) is 0 Å². The average Bonchev–Trinajstić information content (AvgIpc) is 2.02. The summed E-state index contributed by atoms with van der Waals surface area (Å²) in [6.07, 6.45) is -1.31. The van der Waals surface area contributed by atoms with E-state index >= 15 is 0 Å². The maximum Gasteiger partial charge on any atom is 0.152 e. The molecule has 0 saturated carbocycles. The van der Waals surface area contributed by atoms with E-state index in [1.807, 2.05) is 0 Å². The van der Waals surface area contributed by atoms with Crippen LogP contribution >= 0.6 is 0 Å². The van der Waals surface area contributed by atoms with Gasteiger partial charge >= 0.3 is 0 Å². The molecule has 0 aromatic carbocycles. The van der Waals surface area contributed by atoms with Crippen molar-refractivity contribution >= 4 is 19.7 Å². The van der Waals surface area contributed by atoms with Crippen molar-refractivity contribution in [3.05, 3.63) is 0 Å². The lowest BCUT2D eigenvalue weighted by molar-refractivity contribution is 0.220. The second-order valence-corrected chi connectivity index (χ2v) is 7.85. The lowest BCUT2D eigenvalue weighted by Crippen LogP contribution is -2.30. The minimum absolute atomic E-state index is 0.0871. The van der Waals surface area contributed by atoms with Crippen molar-refractivity contribution in [1.29, 1.82) is 0 Å². The third kappa shape index (κ3) is 5.56. The molecule has 86 valence electrons. The summed E-state index contributed by atoms with van der Waals surface area (Å²) in [5.41, 5.74) is 0. The van der Waals surface area contributed by atoms with Crippen LogP contribution in [0.2, 0.25) is 0 Å². The van der Waals surface area contributed by atoms with Crippen LogP contribution in [-0.2, 0) is 19.7 Å². The van der Waals surface area contributed by atoms with Crippen molar-refractivity contribution in [3.63, 3.8) is 0 Å². The Labute approximate surface area is 85.0 Å². The summed E-state index contributed by atoms with van der Waals surface area (Å²) in [4.78, 5) is 0. The minimum Gasteiger partial charge on any atom is -0.391 e. The molecule has 5 nitrogen and oxygen atoms in total. The predicted octanol–water partition coefficient (Wildman–Crippen LogP) is -0.783. The van der Waals surface area contributed by atoms with E-state index in [9.17, 15) is 21.9 Å². The zero-order valence-corrected chi connectivity index (χ0v) is 9.94. The highest BCUT2D eigenvalue weighted by atomic mass is 32.2. The zero-order chi connectivity index (χ0) is 11.4. The maximum absolute atomic E-state index is 11.0. The van der Waals surface area contributed by atoms with E-state index in [2.05, 4.69) is 0 Å². The number of rotatable bonds is 6. The van der Waals surface area contributed by atoms with E-state index in [1.54, 1.807) is 0 Å². The van der Waals surface area contributed by atoms with Crippen LogP contribution < -0.4 is 0 Å². The van der Waals surface area contributed by atoms with Crippen molar-refractivity contribution in [3.8, 4) is 0 Å². The summed E-state index contributed by atoms with van der Waals surface area (Å²) in [6.45, 7) is 2.91. The molecule has 0 aromatic rings. The van der Waals surface area contributed by atoms with Gasteiger partial charge in [0.05, 0.1) is 17.6 Å². The number of aliphatic hydroxyl groups is 1. The van der Waals surface area contributed by atoms with E-state index in [4.69, 9.17) is 0 Å². The van der Waals surface area contributed by atoms with Crippen molar-refractivity contribution in [2.45, 2.75) is 20.0 Å². The molecule has 0 aliphatic heterocycles. The molecule has 0 radical (unpaired) electrons. The van der Waals surface area contributed by atoms with E-state index in [0.717, 1.165) is 0 Å². The summed E-state index contributed by atoms with van der Waals surface area (Å²) in [5.74, 6) is -1.14. The lowest BCUT2D eigenvalue weighted by atomic mass is 10.5. The fraction of sp³-hybridized carbons (Fsp3) is 1.00. The van der Waals surface area contributed by atoms with E-state index in [0.29, 0.717) is 0 Å². The number of sulfone groups is 2. The van der Waals surface area contributed by atoms with Crippen LogP contribution in [0.3, 0.4) is 0 Å². The summed E-state index contributed by atoms with van der Waals surface area (Å²) in [6, 6.07) is 0. The fourth-order valence-corrected chi connectivity index (χ4v) is 2.90. The molecule has 0 aliphatic carbocycles. The normalized spacial score (nSPS) is 13.4. The Morgan fingerprint density at radius 1 is 0.929 bits per heavy atom. The van der Waals surface area contributed by atoms with Gasteiger partial charge in [-0.05, 0) is 0 Å². The highest BCUT2D eigenvalue weighted by Gasteiger charge is 2.20. The van der Waals surface area contributed by atoms with Crippen molar-refractivity contribution in [2.24, 2.45) is 0 Å². The smallest absolute Gasteiger partial charge is 0.152 e. The maximum atomic E-state index is 11.0. The molecule has 7 heteroatoms. The molecular weight excluding hydrogens is 228 g/mol. The molecule has 0 unspecified atom stereocenters. The summed E-state index contributed by atoms with van der Waals surface area (Å²) >= 11 is 0. The third-order valence-corrected chi connectivity index (χ3v) is 5.32. The SMILES string of the molecule is CCS(=O)(=O)CC(O)CS(=O)(=O)CC. The first kappa shape index (κ1) is 13.9. The van der Waals surface area contributed by atoms with Gasteiger partial charge in [-0.25, -0.2) is 16.8 Å². The van der Waals surface area contributed by atoms with Crippen molar-refractivity contribution in [2.75, 3.05) is 23.0 Å². The molecule has 0 aromatic heterocycles. The average molecular weight is 244 g/mol. The van der Waals surface area contributed by atoms with Crippen LogP contribution in [0, 0.1) is 0 Å². The summed E-state index contributed by atoms with van der Waals surface area (Å²) < 4.78 is 44.1. The molecule has 1 N–H and O–H groups in total. The Hall–Kier alpha value is -0.140. The first-order valence-electron chi connectivity index (χ1n) is 4.31. The molecule has 14 heavy (non-hydrogen) atoms. The molecule has 0 saturated heterocycles. The Kier molecular flexibility index (Phi) is 5.03. The van der Waals surface area contributed by atoms with Gasteiger partial charge in [0.25, 0.3) is 0 Å². The molecule has 0 spiro atoms. The van der Waals surface area contributed by atoms with Gasteiger partial charge in [-0.3, -0.25) is 0 Å². The van der Waals surface area contributed by atoms with Gasteiger partial charge in [-0.15, -0.1) is 0 Å². The first-order valence-corrected chi connectivity index (χ1v) is 7.95. The highest BCUT2D eigenvalue weighted by molar-refractivity contribution is 7.92. The van der Waals surface area contributed by atoms with Gasteiger partial charge in [0.1, 0.15) is 0 Å². The lowest BCUT2D eigenvalue weighted by Gasteiger charge is -2.09. The molecule has 0 rings (SSSR count). The van der Waals surface area contributed by atoms with Crippen molar-refractivity contribution < 1.29 is 21.9 Å². The quantitative estimate of drug-likeness (QED) is 0.662. The zero-order valence-electron chi connectivity index (χ0n) is 8.30. The van der Waals surface area contributed by atoms with Crippen LogP contribution in [0.4, 0.5) is 0 Å². The second kappa shape index (κ2) is 5.09. The second-order valence-electron chi connectivity index (χ2n) is 3.05. The Morgan fingerprint density at radius 3 is 1.43 bits per heavy atom. The van der Waals surface area contributed by atoms with Crippen LogP contribution in [0.15, 0.2) is 0 Å². The van der Waals surface area contributed by atoms with E-state index < -0.39 is 37.3 Å². The van der Waals surface area contributed by atoms with E-state index in [-0.39, 0.29) is 11.5 Å². The van der Waals surface area contributed by atoms with Crippen LogP contribution in [-0.4, -0.2) is 51.1 Å². The largest absolute Gasteiger partial charge is 0.391 e. The molecule has 0 heterocycles. The topological polar surface area (TPSA) is 88.5 Å². The predicted molar refractivity (Wildman–Crippen MR) is 54.7 cm³/mol. The van der Waals surface area contributed by atoms with Gasteiger partial charge in [0.15, 0.2) is 19.7 Å². The minimum atomic E-state index is -3.31. The number of aliphatic hydroxyl groups excluding tert-OH is 1. The molecule has 0 amide bonds. The van der Waals surface area contributed by atoms with Gasteiger partial charge in [-0.1, -0.05) is 13.8 Å². The van der Waals surface area contributed by atoms with Crippen molar-refractivity contribution in [1.82, 2.24) is 0 Å². The molecular formula is C7H16O5S2. The standard InChI is InChI=1S/C7H16O5S2/c1-3-13(9,10)5-7(8)6-14(11,12)4-2/h7-8H,3-6H2,1-2H3. The Bertz CT molecular complexity index is 318. The highest BCUT2D eigenvalue weighted by Crippen LogP contribution is 2.00. The number of hydrogen-bond donors (Lipinski definition) is 1. The van der Waals surface area contributed by atoms with Gasteiger partial charge in [0, 0.05) is 11.5 Å².